The SMILES string of the molecule is Cc1ccc2c(O)c(-c3cccc(Oc4ccsc4)c3)c(=O)[nH]c2c1. The van der Waals surface area contributed by atoms with Crippen LogP contribution >= 0.6 is 11.3 Å². The Hall–Kier alpha value is -3.05. The summed E-state index contributed by atoms with van der Waals surface area (Å²) in [6.45, 7) is 1.94. The summed E-state index contributed by atoms with van der Waals surface area (Å²) in [6.07, 6.45) is 0. The average Bonchev–Trinajstić information content (AvgIpc) is 3.08. The quantitative estimate of drug-likeness (QED) is 0.543. The lowest BCUT2D eigenvalue weighted by Gasteiger charge is -2.10. The Morgan fingerprint density at radius 2 is 1.96 bits per heavy atom. The van der Waals surface area contributed by atoms with Crippen LogP contribution in [0.4, 0.5) is 0 Å². The summed E-state index contributed by atoms with van der Waals surface area (Å²) in [4.78, 5) is 15.4. The van der Waals surface area contributed by atoms with E-state index in [4.69, 9.17) is 4.74 Å². The molecule has 4 aromatic rings. The minimum absolute atomic E-state index is 0.0218. The molecule has 0 aliphatic carbocycles. The normalized spacial score (nSPS) is 10.9. The molecule has 0 spiro atoms. The number of aromatic amines is 1. The van der Waals surface area contributed by atoms with E-state index in [1.165, 1.54) is 0 Å². The highest BCUT2D eigenvalue weighted by molar-refractivity contribution is 7.08. The third-order valence-electron chi connectivity index (χ3n) is 4.00. The van der Waals surface area contributed by atoms with Crippen molar-refractivity contribution < 1.29 is 9.84 Å². The summed E-state index contributed by atoms with van der Waals surface area (Å²) in [5.41, 5.74) is 2.16. The Morgan fingerprint density at radius 3 is 2.76 bits per heavy atom. The second kappa shape index (κ2) is 6.11. The van der Waals surface area contributed by atoms with Crippen molar-refractivity contribution in [3.8, 4) is 28.4 Å². The zero-order chi connectivity index (χ0) is 17.4. The first kappa shape index (κ1) is 15.5. The molecule has 0 fully saturated rings. The monoisotopic (exact) mass is 349 g/mol. The molecule has 0 atom stereocenters. The van der Waals surface area contributed by atoms with Crippen molar-refractivity contribution in [1.82, 2.24) is 4.98 Å². The van der Waals surface area contributed by atoms with Crippen LogP contribution in [0.1, 0.15) is 5.56 Å². The third-order valence-corrected chi connectivity index (χ3v) is 4.66. The summed E-state index contributed by atoms with van der Waals surface area (Å²) in [7, 11) is 0. The molecule has 0 amide bonds. The number of hydrogen-bond donors (Lipinski definition) is 2. The maximum absolute atomic E-state index is 12.5. The zero-order valence-corrected chi connectivity index (χ0v) is 14.3. The summed E-state index contributed by atoms with van der Waals surface area (Å²) in [6, 6.07) is 14.6. The Balaban J connectivity index is 1.84. The Kier molecular flexibility index (Phi) is 3.78. The number of aromatic hydroxyl groups is 1. The number of rotatable bonds is 3. The second-order valence-corrected chi connectivity index (χ2v) is 6.60. The molecule has 0 saturated heterocycles. The number of aromatic nitrogens is 1. The maximum Gasteiger partial charge on any atom is 0.260 e. The van der Waals surface area contributed by atoms with Crippen LogP contribution in [0.25, 0.3) is 22.0 Å². The second-order valence-electron chi connectivity index (χ2n) is 5.82. The van der Waals surface area contributed by atoms with Gasteiger partial charge in [0, 0.05) is 10.8 Å². The number of benzene rings is 2. The van der Waals surface area contributed by atoms with E-state index in [0.717, 1.165) is 11.3 Å². The number of H-pyrrole nitrogens is 1. The van der Waals surface area contributed by atoms with E-state index in [2.05, 4.69) is 4.98 Å². The van der Waals surface area contributed by atoms with Gasteiger partial charge in [0.15, 0.2) is 0 Å². The minimum Gasteiger partial charge on any atom is -0.506 e. The van der Waals surface area contributed by atoms with Crippen LogP contribution in [-0.4, -0.2) is 10.1 Å². The number of nitrogens with one attached hydrogen (secondary N) is 1. The Morgan fingerprint density at radius 1 is 1.08 bits per heavy atom. The van der Waals surface area contributed by atoms with E-state index in [-0.39, 0.29) is 16.9 Å². The van der Waals surface area contributed by atoms with E-state index in [1.54, 1.807) is 29.5 Å². The Labute approximate surface area is 148 Å². The molecular formula is C20H15NO3S. The van der Waals surface area contributed by atoms with Gasteiger partial charge >= 0.3 is 0 Å². The molecule has 5 heteroatoms. The molecule has 0 radical (unpaired) electrons. The zero-order valence-electron chi connectivity index (χ0n) is 13.4. The van der Waals surface area contributed by atoms with Crippen molar-refractivity contribution in [2.75, 3.05) is 0 Å². The van der Waals surface area contributed by atoms with Gasteiger partial charge in [-0.3, -0.25) is 4.79 Å². The van der Waals surface area contributed by atoms with Gasteiger partial charge in [-0.25, -0.2) is 0 Å². The molecule has 0 aliphatic heterocycles. The summed E-state index contributed by atoms with van der Waals surface area (Å²) in [5.74, 6) is 1.33. The fourth-order valence-corrected chi connectivity index (χ4v) is 3.38. The smallest absolute Gasteiger partial charge is 0.260 e. The van der Waals surface area contributed by atoms with Crippen molar-refractivity contribution in [3.05, 3.63) is 75.2 Å². The molecule has 124 valence electrons. The molecule has 0 bridgehead atoms. The highest BCUT2D eigenvalue weighted by Gasteiger charge is 2.14. The number of hydrogen-bond acceptors (Lipinski definition) is 4. The lowest BCUT2D eigenvalue weighted by atomic mass is 10.0. The molecule has 2 heterocycles. The lowest BCUT2D eigenvalue weighted by Crippen LogP contribution is -2.09. The largest absolute Gasteiger partial charge is 0.506 e. The van der Waals surface area contributed by atoms with Crippen LogP contribution in [0.5, 0.6) is 17.2 Å². The lowest BCUT2D eigenvalue weighted by molar-refractivity contribution is 0.481. The number of pyridine rings is 1. The standard InChI is InChI=1S/C20H15NO3S/c1-12-5-6-16-17(9-12)21-20(23)18(19(16)22)13-3-2-4-14(10-13)24-15-7-8-25-11-15/h2-11H,1H3,(H2,21,22,23). The molecule has 25 heavy (non-hydrogen) atoms. The van der Waals surface area contributed by atoms with Gasteiger partial charge in [-0.1, -0.05) is 18.2 Å². The van der Waals surface area contributed by atoms with Gasteiger partial charge in [-0.15, -0.1) is 11.3 Å². The van der Waals surface area contributed by atoms with Crippen LogP contribution in [0.15, 0.2) is 64.1 Å². The van der Waals surface area contributed by atoms with Crippen molar-refractivity contribution in [3.63, 3.8) is 0 Å². The first-order chi connectivity index (χ1) is 12.1. The van der Waals surface area contributed by atoms with E-state index < -0.39 is 0 Å². The first-order valence-corrected chi connectivity index (χ1v) is 8.72. The van der Waals surface area contributed by atoms with Gasteiger partial charge in [0.05, 0.1) is 11.1 Å². The van der Waals surface area contributed by atoms with E-state index in [0.29, 0.717) is 22.2 Å². The van der Waals surface area contributed by atoms with Crippen molar-refractivity contribution >= 4 is 22.2 Å². The summed E-state index contributed by atoms with van der Waals surface area (Å²) < 4.78 is 5.78. The van der Waals surface area contributed by atoms with E-state index in [1.807, 2.05) is 48.0 Å². The van der Waals surface area contributed by atoms with Gasteiger partial charge in [0.2, 0.25) is 0 Å². The van der Waals surface area contributed by atoms with Crippen LogP contribution in [0, 0.1) is 6.92 Å². The van der Waals surface area contributed by atoms with Crippen molar-refractivity contribution in [2.24, 2.45) is 0 Å². The molecule has 2 aromatic carbocycles. The molecule has 0 aliphatic rings. The number of thiophene rings is 1. The number of ether oxygens (including phenoxy) is 1. The molecule has 2 N–H and O–H groups in total. The highest BCUT2D eigenvalue weighted by Crippen LogP contribution is 2.34. The van der Waals surface area contributed by atoms with E-state index >= 15 is 0 Å². The fraction of sp³-hybridized carbons (Fsp3) is 0.0500. The fourth-order valence-electron chi connectivity index (χ4n) is 2.82. The average molecular weight is 349 g/mol. The minimum atomic E-state index is -0.330. The van der Waals surface area contributed by atoms with Gasteiger partial charge in [0.25, 0.3) is 5.56 Å². The summed E-state index contributed by atoms with van der Waals surface area (Å²) >= 11 is 1.55. The van der Waals surface area contributed by atoms with Crippen LogP contribution in [-0.2, 0) is 0 Å². The molecular weight excluding hydrogens is 334 g/mol. The van der Waals surface area contributed by atoms with Crippen LogP contribution in [0.3, 0.4) is 0 Å². The summed E-state index contributed by atoms with van der Waals surface area (Å²) in [5, 5.41) is 15.1. The molecule has 4 nitrogen and oxygen atoms in total. The topological polar surface area (TPSA) is 62.3 Å². The van der Waals surface area contributed by atoms with Crippen LogP contribution in [0.2, 0.25) is 0 Å². The van der Waals surface area contributed by atoms with Gasteiger partial charge in [-0.2, -0.15) is 0 Å². The third kappa shape index (κ3) is 2.90. The molecule has 2 aromatic heterocycles. The number of fused-ring (bicyclic) bond motifs is 1. The van der Waals surface area contributed by atoms with Gasteiger partial charge < -0.3 is 14.8 Å². The molecule has 4 rings (SSSR count). The van der Waals surface area contributed by atoms with Crippen molar-refractivity contribution in [2.45, 2.75) is 6.92 Å². The predicted octanol–water partition coefficient (Wildman–Crippen LogP) is 5.06. The number of aryl methyl sites for hydroxylation is 1. The molecule has 0 unspecified atom stereocenters. The predicted molar refractivity (Wildman–Crippen MR) is 101 cm³/mol. The van der Waals surface area contributed by atoms with Gasteiger partial charge in [0.1, 0.15) is 17.2 Å². The van der Waals surface area contributed by atoms with Crippen LogP contribution < -0.4 is 10.3 Å². The first-order valence-electron chi connectivity index (χ1n) is 7.78. The highest BCUT2D eigenvalue weighted by atomic mass is 32.1. The van der Waals surface area contributed by atoms with E-state index in [9.17, 15) is 9.90 Å². The van der Waals surface area contributed by atoms with Crippen molar-refractivity contribution in [1.29, 1.82) is 0 Å². The maximum atomic E-state index is 12.5. The van der Waals surface area contributed by atoms with Gasteiger partial charge in [-0.05, 0) is 53.8 Å². The molecule has 0 saturated carbocycles. The Bertz CT molecular complexity index is 1110.